The Morgan fingerprint density at radius 1 is 1.14 bits per heavy atom. The van der Waals surface area contributed by atoms with Gasteiger partial charge in [-0.2, -0.15) is 13.2 Å². The summed E-state index contributed by atoms with van der Waals surface area (Å²) in [5, 5.41) is 8.93. The van der Waals surface area contributed by atoms with Gasteiger partial charge in [-0.15, -0.1) is 10.1 Å². The second-order valence-electron chi connectivity index (χ2n) is 7.16. The van der Waals surface area contributed by atoms with E-state index in [0.29, 0.717) is 0 Å². The van der Waals surface area contributed by atoms with Gasteiger partial charge in [-0.25, -0.2) is 9.59 Å². The van der Waals surface area contributed by atoms with Crippen LogP contribution in [0.5, 0.6) is 5.75 Å². The second kappa shape index (κ2) is 8.86. The van der Waals surface area contributed by atoms with Crippen LogP contribution in [-0.4, -0.2) is 49.0 Å². The Hall–Kier alpha value is -3.51. The molecular weight excluding hydrogens is 546 g/mol. The van der Waals surface area contributed by atoms with E-state index in [1.807, 2.05) is 0 Å². The average Bonchev–Trinajstić information content (AvgIpc) is 2.68. The molecule has 10 nitrogen and oxygen atoms in total. The summed E-state index contributed by atoms with van der Waals surface area (Å²) >= 11 is 0. The first-order chi connectivity index (χ1) is 16.1. The van der Waals surface area contributed by atoms with Crippen LogP contribution in [0.1, 0.15) is 18.1 Å². The standard InChI is InChI=1S/C17H15F8NO9S/c1-8-3-11(36(21,22,23,24)25)4-10-5-12(14(17(18,19)20)34-13(8)10)15(27)32-7-33-16(28)31-6-9(2)35-26(29)30/h3-5,9,14H,6-7H2,1-2H3. The predicted octanol–water partition coefficient (Wildman–Crippen LogP) is 5.61. The molecule has 2 rings (SSSR count). The van der Waals surface area contributed by atoms with Crippen molar-refractivity contribution < 1.29 is 71.1 Å². The summed E-state index contributed by atoms with van der Waals surface area (Å²) in [6.07, 6.45) is -10.9. The van der Waals surface area contributed by atoms with Gasteiger partial charge in [-0.1, -0.05) is 19.4 Å². The number of carbonyl (C=O) groups is 2. The Morgan fingerprint density at radius 2 is 1.75 bits per heavy atom. The summed E-state index contributed by atoms with van der Waals surface area (Å²) in [4.78, 5) is 35.2. The van der Waals surface area contributed by atoms with Crippen LogP contribution in [0.25, 0.3) is 6.08 Å². The van der Waals surface area contributed by atoms with E-state index in [4.69, 9.17) is 0 Å². The largest absolute Gasteiger partial charge is 0.511 e. The molecule has 0 radical (unpaired) electrons. The molecule has 0 aliphatic carbocycles. The summed E-state index contributed by atoms with van der Waals surface area (Å²) in [5.74, 6) is -2.71. The van der Waals surface area contributed by atoms with E-state index in [-0.39, 0.29) is 18.2 Å². The molecule has 2 unspecified atom stereocenters. The minimum atomic E-state index is -10.2. The average molecular weight is 561 g/mol. The van der Waals surface area contributed by atoms with Gasteiger partial charge in [0.1, 0.15) is 23.4 Å². The first-order valence-corrected chi connectivity index (χ1v) is 11.1. The van der Waals surface area contributed by atoms with Gasteiger partial charge in [0.2, 0.25) is 12.9 Å². The molecule has 0 aromatic heterocycles. The van der Waals surface area contributed by atoms with Crippen LogP contribution in [0.2, 0.25) is 0 Å². The molecular formula is C17H15F8NO9S. The lowest BCUT2D eigenvalue weighted by Gasteiger charge is -2.41. The van der Waals surface area contributed by atoms with Crippen molar-refractivity contribution in [3.63, 3.8) is 0 Å². The lowest BCUT2D eigenvalue weighted by atomic mass is 9.99. The highest BCUT2D eigenvalue weighted by atomic mass is 32.5. The maximum atomic E-state index is 13.5. The zero-order chi connectivity index (χ0) is 27.8. The van der Waals surface area contributed by atoms with E-state index in [2.05, 4.69) is 23.8 Å². The number of aryl methyl sites for hydroxylation is 1. The van der Waals surface area contributed by atoms with Crippen molar-refractivity contribution in [2.24, 2.45) is 0 Å². The number of rotatable bonds is 8. The van der Waals surface area contributed by atoms with Gasteiger partial charge >= 0.3 is 28.5 Å². The summed E-state index contributed by atoms with van der Waals surface area (Å²) in [7, 11) is -10.2. The number of esters is 1. The van der Waals surface area contributed by atoms with Crippen LogP contribution in [0.3, 0.4) is 0 Å². The molecule has 1 aromatic rings. The summed E-state index contributed by atoms with van der Waals surface area (Å²) in [5.41, 5.74) is -3.06. The Bertz CT molecular complexity index is 1110. The number of fused-ring (bicyclic) bond motifs is 1. The Morgan fingerprint density at radius 3 is 2.28 bits per heavy atom. The predicted molar refractivity (Wildman–Crippen MR) is 102 cm³/mol. The maximum absolute atomic E-state index is 13.5. The van der Waals surface area contributed by atoms with Crippen molar-refractivity contribution in [1.82, 2.24) is 0 Å². The Balaban J connectivity index is 2.23. The monoisotopic (exact) mass is 561 g/mol. The quantitative estimate of drug-likeness (QED) is 0.131. The van der Waals surface area contributed by atoms with Crippen LogP contribution in [0.4, 0.5) is 37.4 Å². The zero-order valence-electron chi connectivity index (χ0n) is 17.9. The van der Waals surface area contributed by atoms with Crippen LogP contribution in [-0.2, 0) is 23.8 Å². The molecule has 19 heteroatoms. The smallest absolute Gasteiger partial charge is 0.475 e. The lowest BCUT2D eigenvalue weighted by molar-refractivity contribution is -0.767. The van der Waals surface area contributed by atoms with Gasteiger partial charge in [-0.05, 0) is 37.6 Å². The highest BCUT2D eigenvalue weighted by molar-refractivity contribution is 8.45. The zero-order valence-corrected chi connectivity index (χ0v) is 18.7. The molecule has 0 saturated carbocycles. The molecule has 204 valence electrons. The SMILES string of the molecule is Cc1cc(S(F)(F)(F)(F)F)cc2c1OC(C(F)(F)F)C(C(=O)OCOC(=O)OCC(C)O[N+](=O)[O-])=C2. The fraction of sp³-hybridized carbons (Fsp3) is 0.412. The minimum absolute atomic E-state index is 0.0814. The normalized spacial score (nSPS) is 18.3. The number of halogens is 8. The molecule has 0 saturated heterocycles. The summed E-state index contributed by atoms with van der Waals surface area (Å²) in [6, 6.07) is -0.256. The van der Waals surface area contributed by atoms with Crippen LogP contribution < -0.4 is 4.74 Å². The molecule has 0 amide bonds. The first kappa shape index (κ1) is 28.7. The molecule has 0 spiro atoms. The summed E-state index contributed by atoms with van der Waals surface area (Å²) < 4.78 is 124. The van der Waals surface area contributed by atoms with E-state index >= 15 is 0 Å². The molecule has 1 aliphatic rings. The molecule has 0 N–H and O–H groups in total. The van der Waals surface area contributed by atoms with Crippen molar-refractivity contribution in [2.75, 3.05) is 13.4 Å². The molecule has 2 atom stereocenters. The van der Waals surface area contributed by atoms with Crippen LogP contribution in [0.15, 0.2) is 22.6 Å². The molecule has 1 aromatic carbocycles. The van der Waals surface area contributed by atoms with E-state index in [0.717, 1.165) is 13.8 Å². The minimum Gasteiger partial charge on any atom is -0.475 e. The van der Waals surface area contributed by atoms with Gasteiger partial charge < -0.3 is 23.8 Å². The number of carbonyl (C=O) groups excluding carboxylic acids is 2. The van der Waals surface area contributed by atoms with E-state index in [9.17, 15) is 52.3 Å². The van der Waals surface area contributed by atoms with Crippen molar-refractivity contribution in [1.29, 1.82) is 0 Å². The second-order valence-corrected chi connectivity index (χ2v) is 9.57. The van der Waals surface area contributed by atoms with Crippen molar-refractivity contribution in [2.45, 2.75) is 37.1 Å². The lowest BCUT2D eigenvalue weighted by Crippen LogP contribution is -2.41. The number of nitrogens with zero attached hydrogens (tertiary/aromatic N) is 1. The third-order valence-electron chi connectivity index (χ3n) is 4.15. The molecule has 36 heavy (non-hydrogen) atoms. The van der Waals surface area contributed by atoms with Crippen molar-refractivity contribution in [3.8, 4) is 5.75 Å². The Kier molecular flexibility index (Phi) is 7.07. The van der Waals surface area contributed by atoms with Gasteiger partial charge in [0.05, 0.1) is 5.57 Å². The third-order valence-corrected chi connectivity index (χ3v) is 5.28. The van der Waals surface area contributed by atoms with Crippen LogP contribution >= 0.6 is 10.2 Å². The summed E-state index contributed by atoms with van der Waals surface area (Å²) in [6.45, 7) is -0.132. The number of hydrogen-bond acceptors (Lipinski definition) is 9. The fourth-order valence-corrected chi connectivity index (χ4v) is 3.46. The fourth-order valence-electron chi connectivity index (χ4n) is 2.71. The van der Waals surface area contributed by atoms with Crippen molar-refractivity contribution in [3.05, 3.63) is 38.9 Å². The number of alkyl halides is 3. The van der Waals surface area contributed by atoms with E-state index < -0.39 is 86.6 Å². The number of ether oxygens (including phenoxy) is 4. The molecule has 0 fully saturated rings. The molecule has 1 heterocycles. The van der Waals surface area contributed by atoms with Crippen LogP contribution in [0, 0.1) is 17.0 Å². The van der Waals surface area contributed by atoms with E-state index in [1.165, 1.54) is 0 Å². The van der Waals surface area contributed by atoms with Gasteiger partial charge in [0.15, 0.2) is 0 Å². The Labute approximate surface area is 195 Å². The van der Waals surface area contributed by atoms with Gasteiger partial charge in [0.25, 0.3) is 5.09 Å². The van der Waals surface area contributed by atoms with Crippen molar-refractivity contribution >= 4 is 28.4 Å². The maximum Gasteiger partial charge on any atom is 0.511 e. The molecule has 1 aliphatic heterocycles. The topological polar surface area (TPSA) is 123 Å². The first-order valence-electron chi connectivity index (χ1n) is 9.20. The molecule has 0 bridgehead atoms. The highest BCUT2D eigenvalue weighted by Gasteiger charge is 2.65. The number of benzene rings is 1. The van der Waals surface area contributed by atoms with Gasteiger partial charge in [0, 0.05) is 5.56 Å². The van der Waals surface area contributed by atoms with Gasteiger partial charge in [-0.3, -0.25) is 0 Å². The number of hydrogen-bond donors (Lipinski definition) is 0. The van der Waals surface area contributed by atoms with E-state index in [1.54, 1.807) is 0 Å². The highest BCUT2D eigenvalue weighted by Crippen LogP contribution is 3.02. The third kappa shape index (κ3) is 7.49.